The van der Waals surface area contributed by atoms with Gasteiger partial charge >= 0.3 is 0 Å². The first-order chi connectivity index (χ1) is 9.50. The Bertz CT molecular complexity index is 473. The molecule has 0 aliphatic carbocycles. The zero-order chi connectivity index (χ0) is 14.7. The summed E-state index contributed by atoms with van der Waals surface area (Å²) in [4.78, 5) is 14.0. The summed E-state index contributed by atoms with van der Waals surface area (Å²) in [6, 6.07) is 8.33. The zero-order valence-corrected chi connectivity index (χ0v) is 12.5. The fourth-order valence-corrected chi connectivity index (χ4v) is 2.87. The molecule has 0 saturated carbocycles. The van der Waals surface area contributed by atoms with E-state index in [0.717, 1.165) is 24.2 Å². The number of amides is 1. The molecule has 1 heterocycles. The van der Waals surface area contributed by atoms with Crippen molar-refractivity contribution in [1.82, 2.24) is 0 Å². The molecule has 110 valence electrons. The van der Waals surface area contributed by atoms with Gasteiger partial charge in [0.05, 0.1) is 18.6 Å². The van der Waals surface area contributed by atoms with Gasteiger partial charge in [-0.15, -0.1) is 0 Å². The third kappa shape index (κ3) is 3.12. The molecule has 0 bridgehead atoms. The van der Waals surface area contributed by atoms with Crippen LogP contribution >= 0.6 is 0 Å². The number of anilines is 1. The van der Waals surface area contributed by atoms with Crippen LogP contribution in [0.3, 0.4) is 0 Å². The summed E-state index contributed by atoms with van der Waals surface area (Å²) in [7, 11) is 0. The van der Waals surface area contributed by atoms with Crippen molar-refractivity contribution < 1.29 is 9.53 Å². The fourth-order valence-electron chi connectivity index (χ4n) is 2.87. The van der Waals surface area contributed by atoms with Crippen LogP contribution < -0.4 is 10.6 Å². The number of nitrogens with zero attached hydrogens (tertiary/aromatic N) is 1. The molecule has 2 rings (SSSR count). The molecule has 2 atom stereocenters. The molecule has 4 heteroatoms. The molecule has 1 aliphatic heterocycles. The number of carbonyl (C=O) groups excluding carboxylic acids is 1. The van der Waals surface area contributed by atoms with Crippen LogP contribution in [0.25, 0.3) is 0 Å². The molecule has 1 aliphatic rings. The Morgan fingerprint density at radius 1 is 1.45 bits per heavy atom. The van der Waals surface area contributed by atoms with Gasteiger partial charge in [-0.3, -0.25) is 4.79 Å². The Kier molecular flexibility index (Phi) is 4.65. The van der Waals surface area contributed by atoms with Crippen LogP contribution in [-0.4, -0.2) is 31.2 Å². The van der Waals surface area contributed by atoms with Crippen LogP contribution in [-0.2, 0) is 9.53 Å². The predicted molar refractivity (Wildman–Crippen MR) is 80.9 cm³/mol. The van der Waals surface area contributed by atoms with Crippen LogP contribution in [0.4, 0.5) is 5.69 Å². The second-order valence-electron chi connectivity index (χ2n) is 5.71. The molecule has 4 nitrogen and oxygen atoms in total. The maximum absolute atomic E-state index is 11.7. The summed E-state index contributed by atoms with van der Waals surface area (Å²) in [6.07, 6.45) is 1.01. The third-order valence-electron chi connectivity index (χ3n) is 3.86. The number of para-hydroxylation sites is 1. The Hall–Kier alpha value is -1.55. The van der Waals surface area contributed by atoms with Gasteiger partial charge in [0.2, 0.25) is 5.91 Å². The van der Waals surface area contributed by atoms with Crippen LogP contribution in [0.5, 0.6) is 0 Å². The zero-order valence-electron chi connectivity index (χ0n) is 12.5. The first kappa shape index (κ1) is 14.9. The molecule has 1 aromatic rings. The monoisotopic (exact) mass is 276 g/mol. The van der Waals surface area contributed by atoms with Gasteiger partial charge in [-0.2, -0.15) is 0 Å². The highest BCUT2D eigenvalue weighted by Crippen LogP contribution is 2.37. The molecule has 1 amide bonds. The third-order valence-corrected chi connectivity index (χ3v) is 3.86. The molecule has 0 saturated heterocycles. The minimum atomic E-state index is -0.234. The highest BCUT2D eigenvalue weighted by molar-refractivity contribution is 5.85. The van der Waals surface area contributed by atoms with Gasteiger partial charge in [-0.1, -0.05) is 18.2 Å². The quantitative estimate of drug-likeness (QED) is 0.897. The lowest BCUT2D eigenvalue weighted by molar-refractivity contribution is -0.119. The van der Waals surface area contributed by atoms with Crippen LogP contribution in [0.1, 0.15) is 38.7 Å². The standard InChI is InChI=1S/C16H24N2O2/c1-11(2)20-9-8-18-12(3)10-14(16(17)19)13-6-4-5-7-15(13)18/h4-7,11-12,14H,8-10H2,1-3H3,(H2,17,19)/t12-,14-/m0/s1. The molecule has 20 heavy (non-hydrogen) atoms. The number of hydrogen-bond donors (Lipinski definition) is 1. The summed E-state index contributed by atoms with van der Waals surface area (Å²) in [5.41, 5.74) is 7.70. The van der Waals surface area contributed by atoms with Crippen molar-refractivity contribution in [2.45, 2.75) is 45.3 Å². The van der Waals surface area contributed by atoms with E-state index < -0.39 is 0 Å². The van der Waals surface area contributed by atoms with E-state index in [-0.39, 0.29) is 24.0 Å². The topological polar surface area (TPSA) is 55.6 Å². The van der Waals surface area contributed by atoms with Crippen LogP contribution in [0.2, 0.25) is 0 Å². The van der Waals surface area contributed by atoms with Gasteiger partial charge in [-0.25, -0.2) is 0 Å². The summed E-state index contributed by atoms with van der Waals surface area (Å²) in [5, 5.41) is 0. The van der Waals surface area contributed by atoms with Gasteiger partial charge in [0.15, 0.2) is 0 Å². The molecule has 0 aromatic heterocycles. The molecule has 2 N–H and O–H groups in total. The van der Waals surface area contributed by atoms with E-state index >= 15 is 0 Å². The van der Waals surface area contributed by atoms with Crippen molar-refractivity contribution in [3.05, 3.63) is 29.8 Å². The van der Waals surface area contributed by atoms with Crippen molar-refractivity contribution in [1.29, 1.82) is 0 Å². The van der Waals surface area contributed by atoms with Gasteiger partial charge in [0, 0.05) is 18.3 Å². The average Bonchev–Trinajstić information content (AvgIpc) is 2.40. The number of ether oxygens (including phenoxy) is 1. The van der Waals surface area contributed by atoms with E-state index in [1.54, 1.807) is 0 Å². The second kappa shape index (κ2) is 6.27. The number of fused-ring (bicyclic) bond motifs is 1. The molecular weight excluding hydrogens is 252 g/mol. The highest BCUT2D eigenvalue weighted by atomic mass is 16.5. The van der Waals surface area contributed by atoms with Gasteiger partial charge in [0.1, 0.15) is 0 Å². The Morgan fingerprint density at radius 2 is 2.15 bits per heavy atom. The molecule has 0 fully saturated rings. The number of rotatable bonds is 5. The number of nitrogens with two attached hydrogens (primary N) is 1. The number of primary amides is 1. The highest BCUT2D eigenvalue weighted by Gasteiger charge is 2.32. The smallest absolute Gasteiger partial charge is 0.225 e. The molecule has 0 unspecified atom stereocenters. The van der Waals surface area contributed by atoms with Crippen LogP contribution in [0.15, 0.2) is 24.3 Å². The lowest BCUT2D eigenvalue weighted by Crippen LogP contribution is -2.43. The van der Waals surface area contributed by atoms with Crippen molar-refractivity contribution in [2.24, 2.45) is 5.73 Å². The second-order valence-corrected chi connectivity index (χ2v) is 5.71. The normalized spacial score (nSPS) is 21.9. The van der Waals surface area contributed by atoms with E-state index in [0.29, 0.717) is 6.61 Å². The number of benzene rings is 1. The maximum atomic E-state index is 11.7. The molecule has 1 aromatic carbocycles. The summed E-state index contributed by atoms with van der Waals surface area (Å²) >= 11 is 0. The summed E-state index contributed by atoms with van der Waals surface area (Å²) < 4.78 is 5.65. The van der Waals surface area contributed by atoms with E-state index in [9.17, 15) is 4.79 Å². The number of carbonyl (C=O) groups is 1. The lowest BCUT2D eigenvalue weighted by Gasteiger charge is -2.40. The Balaban J connectivity index is 2.20. The molecule has 0 radical (unpaired) electrons. The fraction of sp³-hybridized carbons (Fsp3) is 0.562. The largest absolute Gasteiger partial charge is 0.377 e. The Morgan fingerprint density at radius 3 is 2.80 bits per heavy atom. The lowest BCUT2D eigenvalue weighted by atomic mass is 9.85. The first-order valence-corrected chi connectivity index (χ1v) is 7.27. The summed E-state index contributed by atoms with van der Waals surface area (Å²) in [5.74, 6) is -0.411. The number of hydrogen-bond acceptors (Lipinski definition) is 3. The van der Waals surface area contributed by atoms with Gasteiger partial charge in [0.25, 0.3) is 0 Å². The van der Waals surface area contributed by atoms with Gasteiger partial charge in [-0.05, 0) is 38.8 Å². The minimum absolute atomic E-state index is 0.177. The van der Waals surface area contributed by atoms with E-state index in [1.165, 1.54) is 0 Å². The first-order valence-electron chi connectivity index (χ1n) is 7.27. The predicted octanol–water partition coefficient (Wildman–Crippen LogP) is 2.28. The van der Waals surface area contributed by atoms with Crippen molar-refractivity contribution in [3.63, 3.8) is 0 Å². The van der Waals surface area contributed by atoms with Crippen molar-refractivity contribution in [3.8, 4) is 0 Å². The Labute approximate surface area is 120 Å². The van der Waals surface area contributed by atoms with Crippen LogP contribution in [0, 0.1) is 0 Å². The SMILES string of the molecule is CC(C)OCCN1c2ccccc2[C@@H](C(N)=O)C[C@@H]1C. The summed E-state index contributed by atoms with van der Waals surface area (Å²) in [6.45, 7) is 7.74. The minimum Gasteiger partial charge on any atom is -0.377 e. The average molecular weight is 276 g/mol. The maximum Gasteiger partial charge on any atom is 0.225 e. The van der Waals surface area contributed by atoms with Crippen molar-refractivity contribution >= 4 is 11.6 Å². The van der Waals surface area contributed by atoms with E-state index in [2.05, 4.69) is 17.9 Å². The van der Waals surface area contributed by atoms with E-state index in [1.807, 2.05) is 32.0 Å². The molecule has 0 spiro atoms. The van der Waals surface area contributed by atoms with Crippen molar-refractivity contribution in [2.75, 3.05) is 18.1 Å². The van der Waals surface area contributed by atoms with Gasteiger partial charge < -0.3 is 15.4 Å². The molecular formula is C16H24N2O2. The van der Waals surface area contributed by atoms with E-state index in [4.69, 9.17) is 10.5 Å².